The molecule has 1 aromatic rings. The lowest BCUT2D eigenvalue weighted by atomic mass is 10.1. The monoisotopic (exact) mass is 259 g/mol. The summed E-state index contributed by atoms with van der Waals surface area (Å²) in [4.78, 5) is 29.7. The Bertz CT molecular complexity index is 493. The van der Waals surface area contributed by atoms with Crippen LogP contribution in [0.15, 0.2) is 31.1 Å². The van der Waals surface area contributed by atoms with Crippen molar-refractivity contribution in [1.82, 2.24) is 15.2 Å². The first-order chi connectivity index (χ1) is 9.22. The molecule has 1 N–H and O–H groups in total. The van der Waals surface area contributed by atoms with Crippen LogP contribution < -0.4 is 5.32 Å². The number of hydrogen-bond acceptors (Lipinski definition) is 3. The van der Waals surface area contributed by atoms with Gasteiger partial charge in [0.05, 0.1) is 11.1 Å². The van der Waals surface area contributed by atoms with Gasteiger partial charge in [0.1, 0.15) is 0 Å². The zero-order valence-electron chi connectivity index (χ0n) is 10.8. The van der Waals surface area contributed by atoms with Crippen LogP contribution >= 0.6 is 0 Å². The van der Waals surface area contributed by atoms with Gasteiger partial charge in [-0.15, -0.1) is 6.58 Å². The van der Waals surface area contributed by atoms with Crippen molar-refractivity contribution in [1.29, 1.82) is 0 Å². The zero-order chi connectivity index (χ0) is 13.7. The van der Waals surface area contributed by atoms with Crippen molar-refractivity contribution in [2.45, 2.75) is 12.8 Å². The fraction of sp³-hybridized carbons (Fsp3) is 0.357. The predicted octanol–water partition coefficient (Wildman–Crippen LogP) is 1.23. The number of carbonyl (C=O) groups is 2. The normalized spacial score (nSPS) is 14.2. The highest BCUT2D eigenvalue weighted by molar-refractivity contribution is 5.99. The number of hydrogen-bond donors (Lipinski definition) is 1. The van der Waals surface area contributed by atoms with Gasteiger partial charge < -0.3 is 10.2 Å². The molecule has 2 heterocycles. The second-order valence-corrected chi connectivity index (χ2v) is 4.46. The van der Waals surface area contributed by atoms with Crippen LogP contribution in [0.1, 0.15) is 33.6 Å². The van der Waals surface area contributed by atoms with Crippen LogP contribution in [0.3, 0.4) is 0 Å². The third-order valence-electron chi connectivity index (χ3n) is 3.05. The number of aromatic nitrogens is 1. The molecule has 0 bridgehead atoms. The van der Waals surface area contributed by atoms with Crippen molar-refractivity contribution in [2.75, 3.05) is 19.6 Å². The van der Waals surface area contributed by atoms with Crippen molar-refractivity contribution >= 4 is 11.8 Å². The van der Waals surface area contributed by atoms with Crippen LogP contribution in [0.5, 0.6) is 0 Å². The lowest BCUT2D eigenvalue weighted by Crippen LogP contribution is -2.28. The Labute approximate surface area is 112 Å². The van der Waals surface area contributed by atoms with E-state index in [4.69, 9.17) is 0 Å². The van der Waals surface area contributed by atoms with E-state index in [1.807, 2.05) is 0 Å². The molecule has 19 heavy (non-hydrogen) atoms. The minimum atomic E-state index is -0.247. The number of nitrogens with zero attached hydrogens (tertiary/aromatic N) is 2. The molecule has 2 rings (SSSR count). The Morgan fingerprint density at radius 1 is 1.32 bits per heavy atom. The lowest BCUT2D eigenvalue weighted by molar-refractivity contribution is 0.0792. The van der Waals surface area contributed by atoms with Gasteiger partial charge in [-0.05, 0) is 18.9 Å². The van der Waals surface area contributed by atoms with Gasteiger partial charge in [0.15, 0.2) is 0 Å². The Hall–Kier alpha value is -2.17. The Morgan fingerprint density at radius 3 is 2.68 bits per heavy atom. The highest BCUT2D eigenvalue weighted by atomic mass is 16.2. The van der Waals surface area contributed by atoms with E-state index in [-0.39, 0.29) is 11.8 Å². The van der Waals surface area contributed by atoms with E-state index in [1.54, 1.807) is 17.0 Å². The van der Waals surface area contributed by atoms with Gasteiger partial charge in [0, 0.05) is 32.0 Å². The van der Waals surface area contributed by atoms with Crippen LogP contribution in [-0.2, 0) is 0 Å². The Morgan fingerprint density at radius 2 is 2.00 bits per heavy atom. The summed E-state index contributed by atoms with van der Waals surface area (Å²) in [5.41, 5.74) is 0.861. The van der Waals surface area contributed by atoms with Gasteiger partial charge in [-0.25, -0.2) is 0 Å². The number of carbonyl (C=O) groups excluding carboxylic acids is 2. The molecule has 5 nitrogen and oxygen atoms in total. The van der Waals surface area contributed by atoms with Crippen molar-refractivity contribution in [3.05, 3.63) is 42.2 Å². The van der Waals surface area contributed by atoms with Gasteiger partial charge in [0.25, 0.3) is 11.8 Å². The molecule has 5 heteroatoms. The lowest BCUT2D eigenvalue weighted by Gasteiger charge is -2.15. The minimum absolute atomic E-state index is 0.0524. The molecule has 1 saturated heterocycles. The molecule has 0 unspecified atom stereocenters. The maximum Gasteiger partial charge on any atom is 0.255 e. The summed E-state index contributed by atoms with van der Waals surface area (Å²) in [6.45, 7) is 5.49. The first kappa shape index (κ1) is 13.3. The van der Waals surface area contributed by atoms with Crippen LogP contribution in [0.4, 0.5) is 0 Å². The van der Waals surface area contributed by atoms with E-state index in [1.165, 1.54) is 12.4 Å². The van der Waals surface area contributed by atoms with Gasteiger partial charge in [-0.2, -0.15) is 0 Å². The molecule has 0 saturated carbocycles. The standard InChI is InChI=1S/C14H17N3O2/c1-2-5-16-13(18)11-8-12(10-15-9-11)14(19)17-6-3-4-7-17/h2,8-10H,1,3-7H2,(H,16,18). The molecule has 2 amide bonds. The summed E-state index contributed by atoms with van der Waals surface area (Å²) in [7, 11) is 0. The first-order valence-corrected chi connectivity index (χ1v) is 6.36. The van der Waals surface area contributed by atoms with Crippen LogP contribution in [-0.4, -0.2) is 41.3 Å². The fourth-order valence-corrected chi connectivity index (χ4v) is 2.05. The summed E-state index contributed by atoms with van der Waals surface area (Å²) >= 11 is 0. The molecule has 0 atom stereocenters. The van der Waals surface area contributed by atoms with Gasteiger partial charge in [-0.3, -0.25) is 14.6 Å². The molecule has 0 aliphatic carbocycles. The summed E-state index contributed by atoms with van der Waals surface area (Å²) in [5, 5.41) is 2.66. The zero-order valence-corrected chi connectivity index (χ0v) is 10.8. The van der Waals surface area contributed by atoms with E-state index in [2.05, 4.69) is 16.9 Å². The van der Waals surface area contributed by atoms with Crippen LogP contribution in [0.25, 0.3) is 0 Å². The van der Waals surface area contributed by atoms with E-state index >= 15 is 0 Å². The minimum Gasteiger partial charge on any atom is -0.349 e. The highest BCUT2D eigenvalue weighted by Crippen LogP contribution is 2.13. The van der Waals surface area contributed by atoms with E-state index < -0.39 is 0 Å². The van der Waals surface area contributed by atoms with Crippen LogP contribution in [0, 0.1) is 0 Å². The summed E-state index contributed by atoms with van der Waals surface area (Å²) in [5.74, 6) is -0.299. The molecule has 1 aliphatic heterocycles. The van der Waals surface area contributed by atoms with Gasteiger partial charge >= 0.3 is 0 Å². The number of amides is 2. The third kappa shape index (κ3) is 3.19. The third-order valence-corrected chi connectivity index (χ3v) is 3.05. The number of pyridine rings is 1. The smallest absolute Gasteiger partial charge is 0.255 e. The number of rotatable bonds is 4. The van der Waals surface area contributed by atoms with Crippen LogP contribution in [0.2, 0.25) is 0 Å². The quantitative estimate of drug-likeness (QED) is 0.827. The first-order valence-electron chi connectivity index (χ1n) is 6.36. The molecule has 100 valence electrons. The summed E-state index contributed by atoms with van der Waals surface area (Å²) < 4.78 is 0. The largest absolute Gasteiger partial charge is 0.349 e. The topological polar surface area (TPSA) is 62.3 Å². The molecule has 0 radical (unpaired) electrons. The molecule has 0 aromatic carbocycles. The van der Waals surface area contributed by atoms with Crippen molar-refractivity contribution < 1.29 is 9.59 Å². The van der Waals surface area contributed by atoms with Crippen molar-refractivity contribution in [2.24, 2.45) is 0 Å². The number of nitrogens with one attached hydrogen (secondary N) is 1. The molecule has 1 fully saturated rings. The van der Waals surface area contributed by atoms with Gasteiger partial charge in [0.2, 0.25) is 0 Å². The number of likely N-dealkylation sites (tertiary alicyclic amines) is 1. The predicted molar refractivity (Wildman–Crippen MR) is 71.9 cm³/mol. The average molecular weight is 259 g/mol. The van der Waals surface area contributed by atoms with E-state index in [0.29, 0.717) is 17.7 Å². The SMILES string of the molecule is C=CCNC(=O)c1cncc(C(=O)N2CCCC2)c1. The molecule has 0 spiro atoms. The second-order valence-electron chi connectivity index (χ2n) is 4.46. The fourth-order valence-electron chi connectivity index (χ4n) is 2.05. The summed E-state index contributed by atoms with van der Waals surface area (Å²) in [6, 6.07) is 1.59. The highest BCUT2D eigenvalue weighted by Gasteiger charge is 2.20. The van der Waals surface area contributed by atoms with Gasteiger partial charge in [-0.1, -0.05) is 6.08 Å². The molecular weight excluding hydrogens is 242 g/mol. The molecular formula is C14H17N3O2. The molecule has 1 aromatic heterocycles. The Kier molecular flexibility index (Phi) is 4.28. The summed E-state index contributed by atoms with van der Waals surface area (Å²) in [6.07, 6.45) is 6.64. The average Bonchev–Trinajstić information content (AvgIpc) is 2.98. The molecule has 1 aliphatic rings. The Balaban J connectivity index is 2.11. The van der Waals surface area contributed by atoms with E-state index in [0.717, 1.165) is 25.9 Å². The maximum absolute atomic E-state index is 12.2. The second kappa shape index (κ2) is 6.13. The maximum atomic E-state index is 12.2. The van der Waals surface area contributed by atoms with Crippen molar-refractivity contribution in [3.63, 3.8) is 0 Å². The van der Waals surface area contributed by atoms with E-state index in [9.17, 15) is 9.59 Å². The van der Waals surface area contributed by atoms with Crippen molar-refractivity contribution in [3.8, 4) is 0 Å².